The van der Waals surface area contributed by atoms with Gasteiger partial charge < -0.3 is 25.3 Å². The van der Waals surface area contributed by atoms with Crippen LogP contribution in [0.2, 0.25) is 0 Å². The van der Waals surface area contributed by atoms with E-state index in [-0.39, 0.29) is 0 Å². The molecule has 1 aliphatic heterocycles. The first-order valence-electron chi connectivity index (χ1n) is 11.3. The number of fused-ring (bicyclic) bond motifs is 1. The lowest BCUT2D eigenvalue weighted by Crippen LogP contribution is -2.36. The molecule has 0 saturated carbocycles. The van der Waals surface area contributed by atoms with Gasteiger partial charge in [0.15, 0.2) is 0 Å². The van der Waals surface area contributed by atoms with Crippen LogP contribution in [-0.4, -0.2) is 42.8 Å². The molecule has 164 valence electrons. The summed E-state index contributed by atoms with van der Waals surface area (Å²) in [6.45, 7) is 5.02. The van der Waals surface area contributed by atoms with Gasteiger partial charge in [-0.15, -0.1) is 0 Å². The van der Waals surface area contributed by atoms with Gasteiger partial charge in [0.1, 0.15) is 5.82 Å². The molecule has 4 aromatic rings. The summed E-state index contributed by atoms with van der Waals surface area (Å²) in [6.07, 6.45) is 5.05. The van der Waals surface area contributed by atoms with E-state index in [4.69, 9.17) is 4.74 Å². The lowest BCUT2D eigenvalue weighted by Gasteiger charge is -2.27. The second kappa shape index (κ2) is 9.75. The van der Waals surface area contributed by atoms with Gasteiger partial charge >= 0.3 is 0 Å². The van der Waals surface area contributed by atoms with Crippen LogP contribution in [0, 0.1) is 0 Å². The molecule has 0 unspecified atom stereocenters. The minimum atomic E-state index is 0.754. The van der Waals surface area contributed by atoms with E-state index < -0.39 is 0 Å². The standard InChI is InChI=1S/C26H29N5O/c1-2-4-25-24(3-1)21(19-29-25)11-12-27-22-6-8-23(9-7-22)28-17-20-5-10-26(30-18-20)31-13-15-32-16-14-31/h1-10,18-19,27-29H,11-17H2. The minimum Gasteiger partial charge on any atom is -0.385 e. The number of benzene rings is 2. The molecule has 0 atom stereocenters. The van der Waals surface area contributed by atoms with Crippen LogP contribution in [0.4, 0.5) is 17.2 Å². The fourth-order valence-corrected chi connectivity index (χ4v) is 4.09. The van der Waals surface area contributed by atoms with Gasteiger partial charge in [-0.1, -0.05) is 24.3 Å². The maximum absolute atomic E-state index is 5.41. The number of ether oxygens (including phenoxy) is 1. The average Bonchev–Trinajstić information content (AvgIpc) is 3.28. The fourth-order valence-electron chi connectivity index (χ4n) is 4.09. The molecule has 6 heteroatoms. The molecule has 0 aliphatic carbocycles. The zero-order valence-electron chi connectivity index (χ0n) is 18.2. The molecule has 0 bridgehead atoms. The van der Waals surface area contributed by atoms with Gasteiger partial charge in [-0.25, -0.2) is 4.98 Å². The third-order valence-electron chi connectivity index (χ3n) is 5.92. The van der Waals surface area contributed by atoms with Crippen molar-refractivity contribution in [1.82, 2.24) is 9.97 Å². The Hall–Kier alpha value is -3.51. The predicted octanol–water partition coefficient (Wildman–Crippen LogP) is 4.67. The van der Waals surface area contributed by atoms with Crippen molar-refractivity contribution in [2.24, 2.45) is 0 Å². The molecular formula is C26H29N5O. The number of pyridine rings is 1. The summed E-state index contributed by atoms with van der Waals surface area (Å²) in [5.41, 5.74) is 5.95. The maximum atomic E-state index is 5.41. The molecule has 0 spiro atoms. The highest BCUT2D eigenvalue weighted by Gasteiger charge is 2.11. The summed E-state index contributed by atoms with van der Waals surface area (Å²) in [6, 6.07) is 21.2. The summed E-state index contributed by atoms with van der Waals surface area (Å²) < 4.78 is 5.41. The van der Waals surface area contributed by atoms with Gasteiger partial charge in [0.2, 0.25) is 0 Å². The van der Waals surface area contributed by atoms with Crippen LogP contribution < -0.4 is 15.5 Å². The van der Waals surface area contributed by atoms with E-state index in [1.54, 1.807) is 0 Å². The highest BCUT2D eigenvalue weighted by atomic mass is 16.5. The molecule has 1 saturated heterocycles. The maximum Gasteiger partial charge on any atom is 0.128 e. The van der Waals surface area contributed by atoms with Gasteiger partial charge in [0, 0.05) is 60.9 Å². The second-order valence-corrected chi connectivity index (χ2v) is 8.09. The number of aromatic nitrogens is 2. The van der Waals surface area contributed by atoms with E-state index in [1.807, 2.05) is 6.20 Å². The number of H-pyrrole nitrogens is 1. The topological polar surface area (TPSA) is 65.2 Å². The number of rotatable bonds is 8. The molecule has 3 N–H and O–H groups in total. The first-order valence-corrected chi connectivity index (χ1v) is 11.3. The van der Waals surface area contributed by atoms with Crippen molar-refractivity contribution in [2.45, 2.75) is 13.0 Å². The molecule has 32 heavy (non-hydrogen) atoms. The third kappa shape index (κ3) is 4.86. The Labute approximate surface area is 188 Å². The number of nitrogens with zero attached hydrogens (tertiary/aromatic N) is 2. The van der Waals surface area contributed by atoms with Gasteiger partial charge in [-0.2, -0.15) is 0 Å². The number of anilines is 3. The Morgan fingerprint density at radius 2 is 1.69 bits per heavy atom. The summed E-state index contributed by atoms with van der Waals surface area (Å²) >= 11 is 0. The lowest BCUT2D eigenvalue weighted by atomic mass is 10.1. The molecule has 6 nitrogen and oxygen atoms in total. The summed E-state index contributed by atoms with van der Waals surface area (Å²) in [5.74, 6) is 1.03. The summed E-state index contributed by atoms with van der Waals surface area (Å²) in [4.78, 5) is 10.2. The molecule has 1 fully saturated rings. The average molecular weight is 428 g/mol. The minimum absolute atomic E-state index is 0.754. The molecule has 5 rings (SSSR count). The van der Waals surface area contributed by atoms with Gasteiger partial charge in [0.25, 0.3) is 0 Å². The first-order chi connectivity index (χ1) is 15.8. The van der Waals surface area contributed by atoms with Crippen molar-refractivity contribution in [2.75, 3.05) is 48.4 Å². The highest BCUT2D eigenvalue weighted by molar-refractivity contribution is 5.83. The van der Waals surface area contributed by atoms with Crippen molar-refractivity contribution in [1.29, 1.82) is 0 Å². The molecule has 1 aliphatic rings. The van der Waals surface area contributed by atoms with Crippen LogP contribution in [0.15, 0.2) is 73.1 Å². The summed E-state index contributed by atoms with van der Waals surface area (Å²) in [7, 11) is 0. The van der Waals surface area contributed by atoms with Crippen LogP contribution in [0.5, 0.6) is 0 Å². The normalized spacial score (nSPS) is 13.9. The van der Waals surface area contributed by atoms with Crippen molar-refractivity contribution in [3.05, 3.63) is 84.2 Å². The lowest BCUT2D eigenvalue weighted by molar-refractivity contribution is 0.122. The smallest absolute Gasteiger partial charge is 0.128 e. The third-order valence-corrected chi connectivity index (χ3v) is 5.92. The monoisotopic (exact) mass is 427 g/mol. The summed E-state index contributed by atoms with van der Waals surface area (Å²) in [5, 5.41) is 8.31. The zero-order valence-corrected chi connectivity index (χ0v) is 18.2. The Bertz CT molecular complexity index is 1130. The van der Waals surface area contributed by atoms with Crippen molar-refractivity contribution in [3.8, 4) is 0 Å². The number of morpholine rings is 1. The van der Waals surface area contributed by atoms with Gasteiger partial charge in [0.05, 0.1) is 13.2 Å². The van der Waals surface area contributed by atoms with Crippen LogP contribution in [0.25, 0.3) is 10.9 Å². The van der Waals surface area contributed by atoms with Crippen molar-refractivity contribution < 1.29 is 4.74 Å². The van der Waals surface area contributed by atoms with E-state index in [9.17, 15) is 0 Å². The largest absolute Gasteiger partial charge is 0.385 e. The Morgan fingerprint density at radius 3 is 2.47 bits per heavy atom. The predicted molar refractivity (Wildman–Crippen MR) is 132 cm³/mol. The second-order valence-electron chi connectivity index (χ2n) is 8.09. The molecule has 2 aromatic carbocycles. The van der Waals surface area contributed by atoms with Gasteiger partial charge in [-0.05, 0) is 53.9 Å². The van der Waals surface area contributed by atoms with E-state index >= 15 is 0 Å². The molecule has 0 radical (unpaired) electrons. The Kier molecular flexibility index (Phi) is 6.21. The van der Waals surface area contributed by atoms with Crippen LogP contribution >= 0.6 is 0 Å². The number of nitrogens with one attached hydrogen (secondary N) is 3. The van der Waals surface area contributed by atoms with Crippen molar-refractivity contribution in [3.63, 3.8) is 0 Å². The zero-order chi connectivity index (χ0) is 21.6. The highest BCUT2D eigenvalue weighted by Crippen LogP contribution is 2.19. The van der Waals surface area contributed by atoms with E-state index in [1.165, 1.54) is 22.0 Å². The number of hydrogen-bond acceptors (Lipinski definition) is 5. The van der Waals surface area contributed by atoms with Crippen LogP contribution in [-0.2, 0) is 17.7 Å². The van der Waals surface area contributed by atoms with E-state index in [2.05, 4.69) is 92.4 Å². The van der Waals surface area contributed by atoms with Crippen LogP contribution in [0.1, 0.15) is 11.1 Å². The fraction of sp³-hybridized carbons (Fsp3) is 0.269. The molecule has 0 amide bonds. The molecular weight excluding hydrogens is 398 g/mol. The van der Waals surface area contributed by atoms with Gasteiger partial charge in [-0.3, -0.25) is 0 Å². The Morgan fingerprint density at radius 1 is 0.906 bits per heavy atom. The SMILES string of the molecule is c1ccc2c(CCNc3ccc(NCc4ccc(N5CCOCC5)nc4)cc3)c[nH]c2c1. The molecule has 2 aromatic heterocycles. The van der Waals surface area contributed by atoms with Crippen molar-refractivity contribution >= 4 is 28.1 Å². The number of aromatic amines is 1. The van der Waals surface area contributed by atoms with Crippen LogP contribution in [0.3, 0.4) is 0 Å². The van der Waals surface area contributed by atoms with E-state index in [0.717, 1.165) is 63.0 Å². The molecule has 3 heterocycles. The Balaban J connectivity index is 1.09. The quantitative estimate of drug-likeness (QED) is 0.381. The number of para-hydroxylation sites is 1. The first kappa shape index (κ1) is 20.4. The number of hydrogen-bond donors (Lipinski definition) is 3. The van der Waals surface area contributed by atoms with E-state index in [0.29, 0.717) is 0 Å².